The molecular weight excluding hydrogens is 332 g/mol. The van der Waals surface area contributed by atoms with E-state index in [2.05, 4.69) is 17.1 Å². The van der Waals surface area contributed by atoms with E-state index in [4.69, 9.17) is 4.74 Å². The van der Waals surface area contributed by atoms with Gasteiger partial charge in [0.05, 0.1) is 17.6 Å². The van der Waals surface area contributed by atoms with Crippen molar-refractivity contribution in [3.05, 3.63) is 57.0 Å². The number of H-pyrrole nitrogens is 2. The molecular formula is C20H26N2O4. The van der Waals surface area contributed by atoms with Gasteiger partial charge in [0.15, 0.2) is 0 Å². The normalized spacial score (nSPS) is 25.2. The van der Waals surface area contributed by atoms with Gasteiger partial charge in [0.2, 0.25) is 0 Å². The molecule has 0 amide bonds. The first-order valence-electron chi connectivity index (χ1n) is 9.05. The third kappa shape index (κ3) is 3.21. The number of benzene rings is 1. The highest BCUT2D eigenvalue weighted by Gasteiger charge is 2.51. The maximum atomic E-state index is 12.9. The zero-order valence-electron chi connectivity index (χ0n) is 15.6. The van der Waals surface area contributed by atoms with Gasteiger partial charge in [-0.15, -0.1) is 0 Å². The van der Waals surface area contributed by atoms with Crippen molar-refractivity contribution in [3.63, 3.8) is 0 Å². The number of ether oxygens (including phenoxy) is 1. The molecule has 0 spiro atoms. The summed E-state index contributed by atoms with van der Waals surface area (Å²) in [7, 11) is 0. The monoisotopic (exact) mass is 358 g/mol. The summed E-state index contributed by atoms with van der Waals surface area (Å²) in [6.07, 6.45) is 0.785. The zero-order chi connectivity index (χ0) is 19.1. The number of carbonyl (C=O) groups excluding carboxylic acids is 1. The summed E-state index contributed by atoms with van der Waals surface area (Å²) in [5.74, 6) is -1.91. The minimum absolute atomic E-state index is 0.183. The Labute approximate surface area is 152 Å². The van der Waals surface area contributed by atoms with E-state index < -0.39 is 23.4 Å². The molecule has 0 radical (unpaired) electrons. The highest BCUT2D eigenvalue weighted by atomic mass is 16.5. The zero-order valence-corrected chi connectivity index (χ0v) is 15.6. The van der Waals surface area contributed by atoms with E-state index in [1.54, 1.807) is 20.8 Å². The third-order valence-corrected chi connectivity index (χ3v) is 5.10. The van der Waals surface area contributed by atoms with Crippen molar-refractivity contribution in [3.8, 4) is 0 Å². The summed E-state index contributed by atoms with van der Waals surface area (Å²) in [4.78, 5) is 25.3. The van der Waals surface area contributed by atoms with Gasteiger partial charge in [-0.2, -0.15) is 0 Å². The van der Waals surface area contributed by atoms with Gasteiger partial charge in [-0.05, 0) is 38.3 Å². The average Bonchev–Trinajstić information content (AvgIpc) is 2.92. The van der Waals surface area contributed by atoms with E-state index >= 15 is 0 Å². The fourth-order valence-electron chi connectivity index (χ4n) is 3.88. The number of hydrogen-bond acceptors (Lipinski definition) is 4. The number of fused-ring (bicyclic) bond motifs is 1. The molecule has 6 heteroatoms. The predicted molar refractivity (Wildman–Crippen MR) is 98.1 cm³/mol. The van der Waals surface area contributed by atoms with Crippen molar-refractivity contribution in [2.45, 2.75) is 58.2 Å². The van der Waals surface area contributed by atoms with Crippen molar-refractivity contribution >= 4 is 5.97 Å². The number of nitrogens with one attached hydrogen (secondary N) is 2. The van der Waals surface area contributed by atoms with Crippen LogP contribution in [-0.4, -0.2) is 33.0 Å². The molecule has 1 aromatic heterocycles. The van der Waals surface area contributed by atoms with Crippen molar-refractivity contribution < 1.29 is 14.6 Å². The second-order valence-electron chi connectivity index (χ2n) is 7.54. The van der Waals surface area contributed by atoms with Crippen molar-refractivity contribution in [2.24, 2.45) is 5.92 Å². The van der Waals surface area contributed by atoms with Crippen LogP contribution < -0.4 is 5.56 Å². The van der Waals surface area contributed by atoms with Crippen LogP contribution in [-0.2, 0) is 22.4 Å². The summed E-state index contributed by atoms with van der Waals surface area (Å²) in [5.41, 5.74) is 1.53. The maximum Gasteiger partial charge on any atom is 0.313 e. The molecule has 1 aromatic carbocycles. The Bertz CT molecular complexity index is 845. The molecule has 0 unspecified atom stereocenters. The number of carbonyl (C=O) groups is 1. The minimum Gasteiger partial charge on any atom is -0.463 e. The summed E-state index contributed by atoms with van der Waals surface area (Å²) in [6.45, 7) is 7.24. The van der Waals surface area contributed by atoms with E-state index in [0.29, 0.717) is 11.3 Å². The van der Waals surface area contributed by atoms with Crippen LogP contribution in [0.25, 0.3) is 0 Å². The lowest BCUT2D eigenvalue weighted by Crippen LogP contribution is -2.50. The van der Waals surface area contributed by atoms with Gasteiger partial charge in [-0.25, -0.2) is 0 Å². The molecule has 3 N–H and O–H groups in total. The first kappa shape index (κ1) is 18.5. The second kappa shape index (κ2) is 6.76. The molecule has 26 heavy (non-hydrogen) atoms. The smallest absolute Gasteiger partial charge is 0.313 e. The average molecular weight is 358 g/mol. The lowest BCUT2D eigenvalue weighted by atomic mass is 9.66. The molecule has 2 aromatic rings. The van der Waals surface area contributed by atoms with Crippen LogP contribution in [0.1, 0.15) is 56.0 Å². The van der Waals surface area contributed by atoms with Gasteiger partial charge in [0, 0.05) is 23.6 Å². The molecule has 0 saturated heterocycles. The molecule has 3 rings (SSSR count). The Morgan fingerprint density at radius 3 is 2.54 bits per heavy atom. The third-order valence-electron chi connectivity index (χ3n) is 5.10. The Hall–Kier alpha value is -2.34. The SMILES string of the molecule is CCc1ccc([C@H]2c3c([nH][nH]c3=O)C[C@](C)(O)[C@@H]2C(=O)OC(C)C)cc1. The van der Waals surface area contributed by atoms with Gasteiger partial charge in [0.1, 0.15) is 0 Å². The van der Waals surface area contributed by atoms with Gasteiger partial charge < -0.3 is 14.9 Å². The summed E-state index contributed by atoms with van der Waals surface area (Å²) in [5, 5.41) is 16.5. The van der Waals surface area contributed by atoms with Crippen LogP contribution in [0.2, 0.25) is 0 Å². The Morgan fingerprint density at radius 1 is 1.31 bits per heavy atom. The summed E-state index contributed by atoms with van der Waals surface area (Å²) >= 11 is 0. The second-order valence-corrected chi connectivity index (χ2v) is 7.54. The Balaban J connectivity index is 2.16. The van der Waals surface area contributed by atoms with Crippen molar-refractivity contribution in [1.29, 1.82) is 0 Å². The fraction of sp³-hybridized carbons (Fsp3) is 0.500. The molecule has 6 nitrogen and oxygen atoms in total. The Kier molecular flexibility index (Phi) is 4.80. The number of rotatable bonds is 4. The standard InChI is InChI=1S/C20H26N2O4/c1-5-12-6-8-13(9-7-12)15-16-14(21-22-18(16)23)10-20(4,25)17(15)19(24)26-11(2)3/h6-9,11,15,17,25H,5,10H2,1-4H3,(H2,21,22,23)/t15-,17-,20-/m0/s1. The first-order valence-corrected chi connectivity index (χ1v) is 9.05. The highest BCUT2D eigenvalue weighted by Crippen LogP contribution is 2.44. The topological polar surface area (TPSA) is 95.2 Å². The number of aryl methyl sites for hydroxylation is 1. The van der Waals surface area contributed by atoms with Gasteiger partial charge >= 0.3 is 5.97 Å². The quantitative estimate of drug-likeness (QED) is 0.731. The number of hydrogen-bond donors (Lipinski definition) is 3. The fourth-order valence-corrected chi connectivity index (χ4v) is 3.88. The highest BCUT2D eigenvalue weighted by molar-refractivity contribution is 5.77. The van der Waals surface area contributed by atoms with Crippen LogP contribution in [0.3, 0.4) is 0 Å². The minimum atomic E-state index is -1.34. The summed E-state index contributed by atoms with van der Waals surface area (Å²) in [6, 6.07) is 7.83. The molecule has 0 saturated carbocycles. The van der Waals surface area contributed by atoms with Gasteiger partial charge in [-0.3, -0.25) is 14.7 Å². The molecule has 140 valence electrons. The van der Waals surface area contributed by atoms with Gasteiger partial charge in [-0.1, -0.05) is 31.2 Å². The van der Waals surface area contributed by atoms with Gasteiger partial charge in [0.25, 0.3) is 5.56 Å². The van der Waals surface area contributed by atoms with Crippen LogP contribution in [0.5, 0.6) is 0 Å². The van der Waals surface area contributed by atoms with E-state index in [1.807, 2.05) is 24.3 Å². The van der Waals surface area contributed by atoms with Crippen LogP contribution in [0.4, 0.5) is 0 Å². The molecule has 1 heterocycles. The number of aromatic amines is 2. The molecule has 3 atom stereocenters. The number of esters is 1. The van der Waals surface area contributed by atoms with E-state index in [-0.39, 0.29) is 18.1 Å². The maximum absolute atomic E-state index is 12.9. The number of aromatic nitrogens is 2. The molecule has 0 fully saturated rings. The summed E-state index contributed by atoms with van der Waals surface area (Å²) < 4.78 is 5.43. The van der Waals surface area contributed by atoms with Crippen molar-refractivity contribution in [1.82, 2.24) is 10.2 Å². The van der Waals surface area contributed by atoms with Crippen LogP contribution >= 0.6 is 0 Å². The van der Waals surface area contributed by atoms with E-state index in [9.17, 15) is 14.7 Å². The predicted octanol–water partition coefficient (Wildman–Crippen LogP) is 2.27. The Morgan fingerprint density at radius 2 is 1.96 bits per heavy atom. The first-order chi connectivity index (χ1) is 12.2. The number of aliphatic hydroxyl groups is 1. The van der Waals surface area contributed by atoms with Crippen molar-refractivity contribution in [2.75, 3.05) is 0 Å². The molecule has 0 bridgehead atoms. The molecule has 1 aliphatic rings. The van der Waals surface area contributed by atoms with E-state index in [0.717, 1.165) is 12.0 Å². The largest absolute Gasteiger partial charge is 0.463 e. The lowest BCUT2D eigenvalue weighted by Gasteiger charge is -2.40. The van der Waals surface area contributed by atoms with E-state index in [1.165, 1.54) is 5.56 Å². The van der Waals surface area contributed by atoms with Crippen LogP contribution in [0.15, 0.2) is 29.1 Å². The molecule has 1 aliphatic carbocycles. The molecule has 0 aliphatic heterocycles. The lowest BCUT2D eigenvalue weighted by molar-refractivity contribution is -0.163. The van der Waals surface area contributed by atoms with Crippen LogP contribution in [0, 0.1) is 5.92 Å².